The predicted octanol–water partition coefficient (Wildman–Crippen LogP) is 7.39. The maximum atomic E-state index is 14.5. The summed E-state index contributed by atoms with van der Waals surface area (Å²) in [6.07, 6.45) is 3.14. The van der Waals surface area contributed by atoms with Gasteiger partial charge in [-0.3, -0.25) is 0 Å². The minimum atomic E-state index is -1.21. The summed E-state index contributed by atoms with van der Waals surface area (Å²) in [5, 5.41) is 17.3. The van der Waals surface area contributed by atoms with Gasteiger partial charge in [-0.1, -0.05) is 37.2 Å². The second-order valence-corrected chi connectivity index (χ2v) is 11.1. The van der Waals surface area contributed by atoms with Crippen LogP contribution in [0.25, 0.3) is 10.9 Å². The van der Waals surface area contributed by atoms with Gasteiger partial charge in [-0.15, -0.1) is 11.8 Å². The number of nitrogens with zero attached hydrogens (tertiary/aromatic N) is 1. The Morgan fingerprint density at radius 2 is 1.97 bits per heavy atom. The van der Waals surface area contributed by atoms with Crippen LogP contribution in [0.5, 0.6) is 5.88 Å². The number of ether oxygens (including phenoxy) is 1. The molecule has 8 heteroatoms. The number of benzene rings is 3. The summed E-state index contributed by atoms with van der Waals surface area (Å²) in [4.78, 5) is 5.90. The lowest BCUT2D eigenvalue weighted by atomic mass is 9.70. The first-order valence-electron chi connectivity index (χ1n) is 12.5. The molecule has 0 radical (unpaired) electrons. The number of piperidine rings is 1. The highest BCUT2D eigenvalue weighted by molar-refractivity contribution is 7.98. The van der Waals surface area contributed by atoms with E-state index in [1.807, 2.05) is 42.7 Å². The third-order valence-electron chi connectivity index (χ3n) is 7.31. The molecule has 0 saturated carbocycles. The van der Waals surface area contributed by atoms with E-state index in [0.717, 1.165) is 33.0 Å². The summed E-state index contributed by atoms with van der Waals surface area (Å²) >= 11 is 8.07. The summed E-state index contributed by atoms with van der Waals surface area (Å²) in [6.45, 7) is 0.529. The van der Waals surface area contributed by atoms with Gasteiger partial charge in [0.15, 0.2) is 0 Å². The zero-order valence-corrected chi connectivity index (χ0v) is 22.8. The van der Waals surface area contributed by atoms with Crippen molar-refractivity contribution in [3.63, 3.8) is 0 Å². The fraction of sp³-hybridized carbons (Fsp3) is 0.323. The Balaban J connectivity index is 0.00000353. The number of aliphatic hydroxyl groups is 1. The van der Waals surface area contributed by atoms with Crippen molar-refractivity contribution in [2.75, 3.05) is 19.9 Å². The Morgan fingerprint density at radius 1 is 1.15 bits per heavy atom. The SMILES string of the molecule is C.COc1nc2ccc(SC)cc2cc1C(c1cccc(Cl)c1)C1(O)CCNC(Cc2ccc(F)cc2F)C1. The van der Waals surface area contributed by atoms with Crippen LogP contribution in [0, 0.1) is 11.6 Å². The van der Waals surface area contributed by atoms with Crippen molar-refractivity contribution >= 4 is 34.3 Å². The molecule has 1 saturated heterocycles. The molecule has 1 aliphatic rings. The molecule has 4 nitrogen and oxygen atoms in total. The van der Waals surface area contributed by atoms with Gasteiger partial charge in [-0.05, 0) is 85.7 Å². The van der Waals surface area contributed by atoms with Crippen molar-refractivity contribution in [3.8, 4) is 5.88 Å². The van der Waals surface area contributed by atoms with E-state index in [0.29, 0.717) is 42.3 Å². The molecule has 0 spiro atoms. The fourth-order valence-electron chi connectivity index (χ4n) is 5.57. The number of hydrogen-bond donors (Lipinski definition) is 2. The first kappa shape index (κ1) is 29.3. The molecule has 3 unspecified atom stereocenters. The summed E-state index contributed by atoms with van der Waals surface area (Å²) in [6, 6.07) is 19.0. The number of rotatable bonds is 7. The standard InChI is InChI=1S/C30H29ClF2N2O2S.CH4/c1-37-29-25(15-20-14-24(38-2)8-9-27(20)35-29)28(19-4-3-5-21(31)12-19)30(36)10-11-34-23(17-30)13-18-6-7-22(32)16-26(18)33;/h3-9,12,14-16,23,28,34,36H,10-11,13,17H2,1-2H3;1H4. The molecule has 206 valence electrons. The first-order chi connectivity index (χ1) is 18.3. The topological polar surface area (TPSA) is 54.4 Å². The molecule has 0 bridgehead atoms. The number of aromatic nitrogens is 1. The monoisotopic (exact) mass is 570 g/mol. The van der Waals surface area contributed by atoms with Crippen LogP contribution in [0.3, 0.4) is 0 Å². The van der Waals surface area contributed by atoms with Gasteiger partial charge < -0.3 is 15.2 Å². The summed E-state index contributed by atoms with van der Waals surface area (Å²) in [5.41, 5.74) is 1.60. The molecule has 2 N–H and O–H groups in total. The van der Waals surface area contributed by atoms with Gasteiger partial charge in [0.05, 0.1) is 18.2 Å². The summed E-state index contributed by atoms with van der Waals surface area (Å²) < 4.78 is 33.7. The number of nitrogens with one attached hydrogen (secondary N) is 1. The molecular formula is C31H33ClF2N2O2S. The van der Waals surface area contributed by atoms with Crippen molar-refractivity contribution in [2.24, 2.45) is 0 Å². The highest BCUT2D eigenvalue weighted by atomic mass is 35.5. The minimum absolute atomic E-state index is 0. The van der Waals surface area contributed by atoms with E-state index in [1.54, 1.807) is 24.9 Å². The van der Waals surface area contributed by atoms with E-state index < -0.39 is 23.2 Å². The molecular weight excluding hydrogens is 538 g/mol. The van der Waals surface area contributed by atoms with E-state index in [-0.39, 0.29) is 13.5 Å². The minimum Gasteiger partial charge on any atom is -0.481 e. The molecule has 0 aliphatic carbocycles. The zero-order valence-electron chi connectivity index (χ0n) is 21.2. The van der Waals surface area contributed by atoms with Crippen molar-refractivity contribution in [2.45, 2.75) is 49.1 Å². The normalized spacial score (nSPS) is 19.9. The third kappa shape index (κ3) is 6.22. The average Bonchev–Trinajstić information content (AvgIpc) is 2.89. The van der Waals surface area contributed by atoms with Crippen molar-refractivity contribution in [3.05, 3.63) is 100 Å². The van der Waals surface area contributed by atoms with E-state index in [9.17, 15) is 13.9 Å². The van der Waals surface area contributed by atoms with E-state index in [4.69, 9.17) is 21.3 Å². The van der Waals surface area contributed by atoms with Crippen molar-refractivity contribution in [1.82, 2.24) is 10.3 Å². The molecule has 0 amide bonds. The second-order valence-electron chi connectivity index (χ2n) is 9.78. The Labute approximate surface area is 237 Å². The van der Waals surface area contributed by atoms with Gasteiger partial charge >= 0.3 is 0 Å². The third-order valence-corrected chi connectivity index (χ3v) is 8.27. The van der Waals surface area contributed by atoms with Gasteiger partial charge in [0.25, 0.3) is 0 Å². The van der Waals surface area contributed by atoms with Crippen LogP contribution in [-0.4, -0.2) is 41.6 Å². The Kier molecular flexibility index (Phi) is 9.17. The maximum absolute atomic E-state index is 14.5. The number of thioether (sulfide) groups is 1. The van der Waals surface area contributed by atoms with Gasteiger partial charge in [0, 0.05) is 38.9 Å². The van der Waals surface area contributed by atoms with E-state index in [1.165, 1.54) is 12.1 Å². The van der Waals surface area contributed by atoms with Crippen LogP contribution in [-0.2, 0) is 6.42 Å². The Morgan fingerprint density at radius 3 is 2.69 bits per heavy atom. The number of pyridine rings is 1. The van der Waals surface area contributed by atoms with Crippen LogP contribution in [0.2, 0.25) is 5.02 Å². The van der Waals surface area contributed by atoms with Gasteiger partial charge in [-0.2, -0.15) is 0 Å². The van der Waals surface area contributed by atoms with E-state index >= 15 is 0 Å². The molecule has 1 aliphatic heterocycles. The summed E-state index contributed by atoms with van der Waals surface area (Å²) in [5.74, 6) is -1.26. The van der Waals surface area contributed by atoms with Crippen molar-refractivity contribution in [1.29, 1.82) is 0 Å². The molecule has 1 aromatic heterocycles. The van der Waals surface area contributed by atoms with Crippen LogP contribution >= 0.6 is 23.4 Å². The summed E-state index contributed by atoms with van der Waals surface area (Å²) in [7, 11) is 1.58. The first-order valence-corrected chi connectivity index (χ1v) is 14.1. The number of methoxy groups -OCH3 is 1. The van der Waals surface area contributed by atoms with Crippen LogP contribution < -0.4 is 10.1 Å². The Hall–Kier alpha value is -2.71. The van der Waals surface area contributed by atoms with Gasteiger partial charge in [0.2, 0.25) is 5.88 Å². The maximum Gasteiger partial charge on any atom is 0.217 e. The number of hydrogen-bond acceptors (Lipinski definition) is 5. The second kappa shape index (κ2) is 12.2. The Bertz CT molecular complexity index is 1470. The highest BCUT2D eigenvalue weighted by Crippen LogP contribution is 2.46. The smallest absolute Gasteiger partial charge is 0.217 e. The largest absolute Gasteiger partial charge is 0.481 e. The molecule has 4 aromatic rings. The van der Waals surface area contributed by atoms with Gasteiger partial charge in [-0.25, -0.2) is 13.8 Å². The predicted molar refractivity (Wildman–Crippen MR) is 156 cm³/mol. The number of halogens is 3. The lowest BCUT2D eigenvalue weighted by molar-refractivity contribution is -0.0191. The zero-order chi connectivity index (χ0) is 26.9. The lowest BCUT2D eigenvalue weighted by Gasteiger charge is -2.43. The lowest BCUT2D eigenvalue weighted by Crippen LogP contribution is -2.52. The van der Waals surface area contributed by atoms with Crippen LogP contribution in [0.1, 0.15) is 42.9 Å². The quantitative estimate of drug-likeness (QED) is 0.227. The van der Waals surface area contributed by atoms with Crippen LogP contribution in [0.15, 0.2) is 71.6 Å². The molecule has 3 aromatic carbocycles. The molecule has 39 heavy (non-hydrogen) atoms. The molecule has 3 atom stereocenters. The van der Waals surface area contributed by atoms with Crippen molar-refractivity contribution < 1.29 is 18.6 Å². The molecule has 2 heterocycles. The fourth-order valence-corrected chi connectivity index (χ4v) is 6.22. The van der Waals surface area contributed by atoms with Crippen LogP contribution in [0.4, 0.5) is 8.78 Å². The average molecular weight is 571 g/mol. The highest BCUT2D eigenvalue weighted by Gasteiger charge is 2.44. The van der Waals surface area contributed by atoms with E-state index in [2.05, 4.69) is 11.4 Å². The molecule has 5 rings (SSSR count). The van der Waals surface area contributed by atoms with Gasteiger partial charge in [0.1, 0.15) is 11.6 Å². The number of fused-ring (bicyclic) bond motifs is 1. The molecule has 1 fully saturated rings.